The first-order valence-corrected chi connectivity index (χ1v) is 12.0. The van der Waals surface area contributed by atoms with Crippen LogP contribution < -0.4 is 0 Å². The van der Waals surface area contributed by atoms with Crippen molar-refractivity contribution in [3.8, 4) is 22.5 Å². The highest BCUT2D eigenvalue weighted by Gasteiger charge is 2.38. The van der Waals surface area contributed by atoms with E-state index in [-0.39, 0.29) is 24.9 Å². The Balaban J connectivity index is 1.71. The zero-order valence-corrected chi connectivity index (χ0v) is 18.9. The molecule has 1 aromatic carbocycles. The Hall–Kier alpha value is -3.31. The number of aryl methyl sites for hydroxylation is 1. The van der Waals surface area contributed by atoms with Gasteiger partial charge in [-0.25, -0.2) is 9.18 Å². The van der Waals surface area contributed by atoms with Crippen molar-refractivity contribution >= 4 is 16.2 Å². The molecule has 11 heteroatoms. The third-order valence-corrected chi connectivity index (χ3v) is 6.20. The summed E-state index contributed by atoms with van der Waals surface area (Å²) >= 11 is 0. The lowest BCUT2D eigenvalue weighted by Gasteiger charge is -2.20. The summed E-state index contributed by atoms with van der Waals surface area (Å²) in [7, 11) is -1.90. The Morgan fingerprint density at radius 3 is 2.58 bits per heavy atom. The molecule has 1 aliphatic heterocycles. The molecular weight excluding hydrogens is 451 g/mol. The van der Waals surface area contributed by atoms with Gasteiger partial charge in [-0.2, -0.15) is 13.5 Å². The lowest BCUT2D eigenvalue weighted by molar-refractivity contribution is 0.124. The van der Waals surface area contributed by atoms with Crippen molar-refractivity contribution < 1.29 is 26.9 Å². The molecule has 3 aromatic rings. The molecule has 0 spiro atoms. The molecule has 1 saturated heterocycles. The lowest BCUT2D eigenvalue weighted by atomic mass is 9.91. The molecule has 0 radical (unpaired) electrons. The van der Waals surface area contributed by atoms with E-state index in [1.807, 2.05) is 12.1 Å². The highest BCUT2D eigenvalue weighted by atomic mass is 32.2. The number of halogens is 1. The van der Waals surface area contributed by atoms with E-state index in [1.165, 1.54) is 17.0 Å². The van der Waals surface area contributed by atoms with Gasteiger partial charge < -0.3 is 10.0 Å². The molecule has 9 nitrogen and oxygen atoms in total. The number of carboxylic acid groups (broad SMARTS) is 1. The maximum Gasteiger partial charge on any atom is 0.407 e. The second-order valence-electron chi connectivity index (χ2n) is 8.05. The standard InChI is InChI=1S/C22H23FN4O5S/c1-26-8-7-20(25-26)18-10-21(14-3-5-16(23)6-4-14)24-11-19(18)15-9-17(13-32-33(2,30)31)27(12-15)22(28)29/h3-8,10-11,15,17H,9,12-13H2,1-2H3,(H,28,29). The van der Waals surface area contributed by atoms with Crippen molar-refractivity contribution in [2.24, 2.45) is 7.05 Å². The van der Waals surface area contributed by atoms with Crippen molar-refractivity contribution in [2.45, 2.75) is 18.4 Å². The van der Waals surface area contributed by atoms with Crippen LogP contribution in [0.25, 0.3) is 22.5 Å². The van der Waals surface area contributed by atoms with E-state index in [9.17, 15) is 22.7 Å². The van der Waals surface area contributed by atoms with Gasteiger partial charge in [0.05, 0.1) is 30.3 Å². The first-order valence-electron chi connectivity index (χ1n) is 10.2. The van der Waals surface area contributed by atoms with Crippen molar-refractivity contribution in [3.05, 3.63) is 60.2 Å². The second kappa shape index (κ2) is 8.91. The lowest BCUT2D eigenvalue weighted by Crippen LogP contribution is -2.37. The van der Waals surface area contributed by atoms with Gasteiger partial charge in [-0.3, -0.25) is 13.8 Å². The van der Waals surface area contributed by atoms with Gasteiger partial charge >= 0.3 is 6.09 Å². The van der Waals surface area contributed by atoms with Crippen molar-refractivity contribution in [2.75, 3.05) is 19.4 Å². The van der Waals surface area contributed by atoms with Crippen LogP contribution in [0.15, 0.2) is 48.8 Å². The molecule has 2 unspecified atom stereocenters. The number of nitrogens with zero attached hydrogens (tertiary/aromatic N) is 4. The van der Waals surface area contributed by atoms with Crippen molar-refractivity contribution in [3.63, 3.8) is 0 Å². The number of pyridine rings is 1. The zero-order valence-electron chi connectivity index (χ0n) is 18.1. The predicted octanol–water partition coefficient (Wildman–Crippen LogP) is 3.10. The summed E-state index contributed by atoms with van der Waals surface area (Å²) in [6, 6.07) is 9.09. The Bertz CT molecular complexity index is 1280. The molecular formula is C22H23FN4O5S. The summed E-state index contributed by atoms with van der Waals surface area (Å²) in [5.41, 5.74) is 3.64. The summed E-state index contributed by atoms with van der Waals surface area (Å²) in [4.78, 5) is 17.5. The van der Waals surface area contributed by atoms with Gasteiger partial charge in [0.1, 0.15) is 5.82 Å². The number of hydrogen-bond donors (Lipinski definition) is 1. The number of likely N-dealkylation sites (tertiary alicyclic amines) is 1. The molecule has 1 fully saturated rings. The summed E-state index contributed by atoms with van der Waals surface area (Å²) in [6.45, 7) is -0.0772. The Labute approximate surface area is 190 Å². The number of hydrogen-bond acceptors (Lipinski definition) is 6. The molecule has 0 saturated carbocycles. The summed E-state index contributed by atoms with van der Waals surface area (Å²) in [6.07, 6.45) is 3.65. The fourth-order valence-corrected chi connectivity index (χ4v) is 4.49. The van der Waals surface area contributed by atoms with Crippen LogP contribution in [-0.4, -0.2) is 64.7 Å². The van der Waals surface area contributed by atoms with Gasteiger partial charge in [0.15, 0.2) is 0 Å². The SMILES string of the molecule is Cn1ccc(-c2cc(-c3ccc(F)cc3)ncc2C2CC(COS(C)(=O)=O)N(C(=O)O)C2)n1. The Morgan fingerprint density at radius 1 is 1.24 bits per heavy atom. The van der Waals surface area contributed by atoms with E-state index in [4.69, 9.17) is 4.18 Å². The second-order valence-corrected chi connectivity index (χ2v) is 9.69. The first-order chi connectivity index (χ1) is 15.6. The van der Waals surface area contributed by atoms with E-state index in [2.05, 4.69) is 10.1 Å². The number of aromatic nitrogens is 3. The summed E-state index contributed by atoms with van der Waals surface area (Å²) in [5.74, 6) is -0.580. The molecule has 33 heavy (non-hydrogen) atoms. The molecule has 1 N–H and O–H groups in total. The van der Waals surface area contributed by atoms with Crippen LogP contribution in [0.2, 0.25) is 0 Å². The fourth-order valence-electron chi connectivity index (χ4n) is 4.09. The van der Waals surface area contributed by atoms with Crippen LogP contribution in [-0.2, 0) is 21.3 Å². The minimum absolute atomic E-state index is 0.171. The third-order valence-electron chi connectivity index (χ3n) is 5.64. The number of amides is 1. The van der Waals surface area contributed by atoms with Crippen LogP contribution in [0, 0.1) is 5.82 Å². The Morgan fingerprint density at radius 2 is 1.97 bits per heavy atom. The normalized spacial score (nSPS) is 18.6. The van der Waals surface area contributed by atoms with Gasteiger partial charge in [-0.15, -0.1) is 0 Å². The quantitative estimate of drug-likeness (QED) is 0.546. The van der Waals surface area contributed by atoms with Crippen LogP contribution in [0.3, 0.4) is 0 Å². The largest absolute Gasteiger partial charge is 0.465 e. The number of rotatable bonds is 6. The summed E-state index contributed by atoms with van der Waals surface area (Å²) in [5, 5.41) is 14.1. The monoisotopic (exact) mass is 474 g/mol. The van der Waals surface area contributed by atoms with Gasteiger partial charge in [0.2, 0.25) is 0 Å². The third kappa shape index (κ3) is 5.20. The zero-order chi connectivity index (χ0) is 23.8. The minimum Gasteiger partial charge on any atom is -0.465 e. The predicted molar refractivity (Wildman–Crippen MR) is 119 cm³/mol. The molecule has 3 heterocycles. The van der Waals surface area contributed by atoms with Gasteiger partial charge in [-0.05, 0) is 48.4 Å². The van der Waals surface area contributed by atoms with E-state index >= 15 is 0 Å². The maximum atomic E-state index is 13.4. The number of carbonyl (C=O) groups is 1. The van der Waals surface area contributed by atoms with Gasteiger partial charge in [0, 0.05) is 43.0 Å². The summed E-state index contributed by atoms with van der Waals surface area (Å²) < 4.78 is 42.7. The molecule has 174 valence electrons. The van der Waals surface area contributed by atoms with Crippen molar-refractivity contribution in [1.82, 2.24) is 19.7 Å². The molecule has 2 aromatic heterocycles. The van der Waals surface area contributed by atoms with Crippen LogP contribution in [0.5, 0.6) is 0 Å². The number of benzene rings is 1. The fraction of sp³-hybridized carbons (Fsp3) is 0.318. The van der Waals surface area contributed by atoms with E-state index in [0.717, 1.165) is 22.9 Å². The van der Waals surface area contributed by atoms with E-state index in [1.54, 1.807) is 36.3 Å². The van der Waals surface area contributed by atoms with E-state index in [0.29, 0.717) is 17.8 Å². The highest BCUT2D eigenvalue weighted by Crippen LogP contribution is 2.38. The highest BCUT2D eigenvalue weighted by molar-refractivity contribution is 7.85. The van der Waals surface area contributed by atoms with E-state index < -0.39 is 22.3 Å². The maximum absolute atomic E-state index is 13.4. The average Bonchev–Trinajstić information content (AvgIpc) is 3.38. The topological polar surface area (TPSA) is 115 Å². The molecule has 1 amide bonds. The van der Waals surface area contributed by atoms with Crippen molar-refractivity contribution in [1.29, 1.82) is 0 Å². The molecule has 4 rings (SSSR count). The first kappa shape index (κ1) is 22.9. The van der Waals surface area contributed by atoms with Gasteiger partial charge in [-0.1, -0.05) is 0 Å². The molecule has 0 aliphatic carbocycles. The minimum atomic E-state index is -3.70. The van der Waals surface area contributed by atoms with Crippen LogP contribution in [0.1, 0.15) is 17.9 Å². The van der Waals surface area contributed by atoms with Gasteiger partial charge in [0.25, 0.3) is 10.1 Å². The van der Waals surface area contributed by atoms with Crippen LogP contribution >= 0.6 is 0 Å². The smallest absolute Gasteiger partial charge is 0.407 e. The molecule has 1 aliphatic rings. The molecule has 0 bridgehead atoms. The Kier molecular flexibility index (Phi) is 6.17. The van der Waals surface area contributed by atoms with Crippen LogP contribution in [0.4, 0.5) is 9.18 Å². The average molecular weight is 475 g/mol. The molecule has 2 atom stereocenters.